The largest absolute Gasteiger partial charge is 0.508 e. The van der Waals surface area contributed by atoms with E-state index in [1.54, 1.807) is 25.3 Å². The molecule has 1 aliphatic carbocycles. The first-order chi connectivity index (χ1) is 19.8. The van der Waals surface area contributed by atoms with E-state index in [2.05, 4.69) is 42.3 Å². The lowest BCUT2D eigenvalue weighted by Crippen LogP contribution is -2.41. The summed E-state index contributed by atoms with van der Waals surface area (Å²) in [5.41, 5.74) is 6.29. The van der Waals surface area contributed by atoms with Crippen LogP contribution in [0.25, 0.3) is 0 Å². The summed E-state index contributed by atoms with van der Waals surface area (Å²) in [4.78, 5) is 2.43. The van der Waals surface area contributed by atoms with E-state index in [0.29, 0.717) is 29.4 Å². The van der Waals surface area contributed by atoms with E-state index >= 15 is 0 Å². The highest BCUT2D eigenvalue weighted by Crippen LogP contribution is 2.38. The molecule has 3 aromatic rings. The highest BCUT2D eigenvalue weighted by molar-refractivity contribution is 5.57. The van der Waals surface area contributed by atoms with Crippen molar-refractivity contribution in [1.29, 1.82) is 0 Å². The van der Waals surface area contributed by atoms with Crippen LogP contribution in [0.4, 0.5) is 10.1 Å². The number of nitrogens with zero attached hydrogens (tertiary/aromatic N) is 1. The molecule has 220 valence electrons. The Balaban J connectivity index is 1.12. The van der Waals surface area contributed by atoms with Crippen LogP contribution in [-0.4, -0.2) is 49.9 Å². The minimum atomic E-state index is -0.282. The fourth-order valence-electron chi connectivity index (χ4n) is 6.53. The molecule has 0 unspecified atom stereocenters. The molecule has 0 amide bonds. The minimum Gasteiger partial charge on any atom is -0.508 e. The molecule has 3 aromatic carbocycles. The molecular formula is C35H45FN2O3. The lowest BCUT2D eigenvalue weighted by molar-refractivity contribution is 0.101. The molecule has 41 heavy (non-hydrogen) atoms. The van der Waals surface area contributed by atoms with E-state index in [-0.39, 0.29) is 5.82 Å². The van der Waals surface area contributed by atoms with Gasteiger partial charge in [-0.1, -0.05) is 32.0 Å². The summed E-state index contributed by atoms with van der Waals surface area (Å²) in [6, 6.07) is 17.4. The Hall–Kier alpha value is -3.25. The molecule has 2 N–H and O–H groups in total. The number of halogens is 1. The van der Waals surface area contributed by atoms with Crippen LogP contribution >= 0.6 is 0 Å². The number of fused-ring (bicyclic) bond motifs is 1. The van der Waals surface area contributed by atoms with Gasteiger partial charge in [0.1, 0.15) is 18.1 Å². The molecular weight excluding hydrogens is 515 g/mol. The zero-order valence-corrected chi connectivity index (χ0v) is 24.8. The normalized spacial score (nSPS) is 18.5. The first-order valence-electron chi connectivity index (χ1n) is 15.2. The number of likely N-dealkylation sites (tertiary alicyclic amines) is 1. The lowest BCUT2D eigenvalue weighted by atomic mass is 9.79. The predicted molar refractivity (Wildman–Crippen MR) is 164 cm³/mol. The average Bonchev–Trinajstić information content (AvgIpc) is 2.95. The number of benzene rings is 3. The van der Waals surface area contributed by atoms with Crippen LogP contribution in [0.1, 0.15) is 67.7 Å². The number of phenolic OH excluding ortho intramolecular Hbond substituents is 1. The standard InChI is InChI=1S/C35H45FN2O3/c1-35(2)15-5-17-38(24-35)18-19-41-34-14-7-25(20-32(34)36)6-4-16-37-33-23-30(40-3)12-13-31(33)28-9-8-27-22-29(39)11-10-26(27)21-28/h7,10-14,20,22-23,28,37,39H,4-6,8-9,15-19,21,24H2,1-3H3/t28-/m0/s1. The molecule has 0 aromatic heterocycles. The number of hydrogen-bond acceptors (Lipinski definition) is 5. The third kappa shape index (κ3) is 7.73. The molecule has 0 spiro atoms. The van der Waals surface area contributed by atoms with Crippen molar-refractivity contribution in [1.82, 2.24) is 4.90 Å². The zero-order valence-electron chi connectivity index (χ0n) is 24.8. The molecule has 0 saturated carbocycles. The smallest absolute Gasteiger partial charge is 0.165 e. The number of hydrogen-bond donors (Lipinski definition) is 2. The van der Waals surface area contributed by atoms with Gasteiger partial charge in [0.15, 0.2) is 11.6 Å². The fourth-order valence-corrected chi connectivity index (χ4v) is 6.53. The van der Waals surface area contributed by atoms with Gasteiger partial charge in [0.25, 0.3) is 0 Å². The monoisotopic (exact) mass is 560 g/mol. The van der Waals surface area contributed by atoms with Crippen molar-refractivity contribution in [3.8, 4) is 17.2 Å². The summed E-state index contributed by atoms with van der Waals surface area (Å²) in [7, 11) is 1.69. The minimum absolute atomic E-state index is 0.282. The first kappa shape index (κ1) is 29.2. The van der Waals surface area contributed by atoms with Gasteiger partial charge in [-0.05, 0) is 115 Å². The van der Waals surface area contributed by atoms with Gasteiger partial charge in [-0.3, -0.25) is 4.90 Å². The number of methoxy groups -OCH3 is 1. The van der Waals surface area contributed by atoms with E-state index in [9.17, 15) is 9.50 Å². The Labute approximate surface area is 244 Å². The van der Waals surface area contributed by atoms with E-state index in [1.165, 1.54) is 29.5 Å². The zero-order chi connectivity index (χ0) is 28.8. The number of rotatable bonds is 11. The Kier molecular flexibility index (Phi) is 9.39. The van der Waals surface area contributed by atoms with Gasteiger partial charge in [0, 0.05) is 31.4 Å². The van der Waals surface area contributed by atoms with Crippen LogP contribution in [0.3, 0.4) is 0 Å². The van der Waals surface area contributed by atoms with Crippen molar-refractivity contribution in [2.24, 2.45) is 5.41 Å². The van der Waals surface area contributed by atoms with E-state index < -0.39 is 0 Å². The molecule has 2 aliphatic rings. The highest BCUT2D eigenvalue weighted by Gasteiger charge is 2.26. The molecule has 5 rings (SSSR count). The van der Waals surface area contributed by atoms with Crippen molar-refractivity contribution >= 4 is 5.69 Å². The van der Waals surface area contributed by atoms with Crippen LogP contribution in [0.15, 0.2) is 54.6 Å². The van der Waals surface area contributed by atoms with E-state index in [4.69, 9.17) is 9.47 Å². The van der Waals surface area contributed by atoms with Gasteiger partial charge in [0.05, 0.1) is 7.11 Å². The molecule has 0 bridgehead atoms. The van der Waals surface area contributed by atoms with E-state index in [1.807, 2.05) is 18.2 Å². The van der Waals surface area contributed by atoms with Crippen molar-refractivity contribution in [3.05, 3.63) is 82.7 Å². The SMILES string of the molecule is COc1ccc([C@H]2CCc3cc(O)ccc3C2)c(NCCCc2ccc(OCCN3CCCC(C)(C)C3)c(F)c2)c1. The van der Waals surface area contributed by atoms with Gasteiger partial charge in [-0.25, -0.2) is 4.39 Å². The summed E-state index contributed by atoms with van der Waals surface area (Å²) in [6.07, 6.45) is 7.10. The summed E-state index contributed by atoms with van der Waals surface area (Å²) >= 11 is 0. The third-order valence-corrected chi connectivity index (χ3v) is 8.72. The summed E-state index contributed by atoms with van der Waals surface area (Å²) in [5, 5.41) is 13.5. The number of ether oxygens (including phenoxy) is 2. The Morgan fingerprint density at radius 1 is 1.07 bits per heavy atom. The Bertz CT molecular complexity index is 1320. The first-order valence-corrected chi connectivity index (χ1v) is 15.2. The topological polar surface area (TPSA) is 54.0 Å². The van der Waals surface area contributed by atoms with Crippen molar-refractivity contribution in [3.63, 3.8) is 0 Å². The van der Waals surface area contributed by atoms with Gasteiger partial charge in [0.2, 0.25) is 0 Å². The molecule has 0 radical (unpaired) electrons. The molecule has 6 heteroatoms. The Morgan fingerprint density at radius 2 is 1.95 bits per heavy atom. The second-order valence-electron chi connectivity index (χ2n) is 12.5. The second-order valence-corrected chi connectivity index (χ2v) is 12.5. The third-order valence-electron chi connectivity index (χ3n) is 8.72. The number of nitrogens with one attached hydrogen (secondary N) is 1. The predicted octanol–water partition coefficient (Wildman–Crippen LogP) is 7.36. The van der Waals surface area contributed by atoms with Crippen LogP contribution < -0.4 is 14.8 Å². The van der Waals surface area contributed by atoms with Crippen LogP contribution in [-0.2, 0) is 19.3 Å². The summed E-state index contributed by atoms with van der Waals surface area (Å²) in [5.74, 6) is 1.64. The maximum atomic E-state index is 14.8. The maximum absolute atomic E-state index is 14.8. The number of aromatic hydroxyl groups is 1. The number of piperidine rings is 1. The van der Waals surface area contributed by atoms with Gasteiger partial charge >= 0.3 is 0 Å². The van der Waals surface area contributed by atoms with Gasteiger partial charge in [-0.2, -0.15) is 0 Å². The number of anilines is 1. The molecule has 1 saturated heterocycles. The summed E-state index contributed by atoms with van der Waals surface area (Å²) in [6.45, 7) is 8.92. The fraction of sp³-hybridized carbons (Fsp3) is 0.486. The highest BCUT2D eigenvalue weighted by atomic mass is 19.1. The number of phenols is 1. The second kappa shape index (κ2) is 13.2. The molecule has 1 heterocycles. The molecule has 5 nitrogen and oxygen atoms in total. The van der Waals surface area contributed by atoms with Gasteiger partial charge < -0.3 is 19.9 Å². The van der Waals surface area contributed by atoms with Crippen LogP contribution in [0, 0.1) is 11.2 Å². The maximum Gasteiger partial charge on any atom is 0.165 e. The average molecular weight is 561 g/mol. The van der Waals surface area contributed by atoms with Crippen LogP contribution in [0.5, 0.6) is 17.2 Å². The van der Waals surface area contributed by atoms with Crippen LogP contribution in [0.2, 0.25) is 0 Å². The molecule has 1 fully saturated rings. The summed E-state index contributed by atoms with van der Waals surface area (Å²) < 4.78 is 26.1. The quantitative estimate of drug-likeness (QED) is 0.240. The Morgan fingerprint density at radius 3 is 2.76 bits per heavy atom. The van der Waals surface area contributed by atoms with Crippen molar-refractivity contribution < 1.29 is 19.0 Å². The molecule has 1 atom stereocenters. The van der Waals surface area contributed by atoms with Crippen molar-refractivity contribution in [2.45, 2.75) is 64.7 Å². The lowest BCUT2D eigenvalue weighted by Gasteiger charge is -2.37. The number of aryl methyl sites for hydroxylation is 2. The van der Waals surface area contributed by atoms with Gasteiger partial charge in [-0.15, -0.1) is 0 Å². The van der Waals surface area contributed by atoms with E-state index in [0.717, 1.165) is 75.3 Å². The molecule has 1 aliphatic heterocycles. The van der Waals surface area contributed by atoms with Crippen molar-refractivity contribution in [2.75, 3.05) is 45.2 Å².